The van der Waals surface area contributed by atoms with Gasteiger partial charge in [0.1, 0.15) is 5.82 Å². The number of amides is 1. The van der Waals surface area contributed by atoms with Gasteiger partial charge in [0.25, 0.3) is 5.91 Å². The van der Waals surface area contributed by atoms with Gasteiger partial charge in [-0.05, 0) is 61.7 Å². The highest BCUT2D eigenvalue weighted by Gasteiger charge is 2.31. The molecule has 8 heteroatoms. The van der Waals surface area contributed by atoms with E-state index in [-0.39, 0.29) is 11.9 Å². The number of nitrogens with zero attached hydrogens (tertiary/aromatic N) is 3. The third kappa shape index (κ3) is 4.73. The van der Waals surface area contributed by atoms with Crippen molar-refractivity contribution < 1.29 is 18.0 Å². The average molecular weight is 428 g/mol. The third-order valence-corrected chi connectivity index (χ3v) is 5.58. The molecule has 0 atom stereocenters. The highest BCUT2D eigenvalue weighted by Crippen LogP contribution is 2.29. The van der Waals surface area contributed by atoms with Gasteiger partial charge in [0.15, 0.2) is 0 Å². The highest BCUT2D eigenvalue weighted by atomic mass is 19.4. The van der Waals surface area contributed by atoms with E-state index in [1.54, 1.807) is 0 Å². The Morgan fingerprint density at radius 1 is 1.10 bits per heavy atom. The normalized spacial score (nSPS) is 15.2. The lowest BCUT2D eigenvalue weighted by atomic mass is 10.0. The van der Waals surface area contributed by atoms with Crippen LogP contribution in [0.15, 0.2) is 61.1 Å². The first-order valence-electron chi connectivity index (χ1n) is 10.1. The minimum absolute atomic E-state index is 0.00882. The van der Waals surface area contributed by atoms with Gasteiger partial charge in [-0.15, -0.1) is 0 Å². The number of hydrogen-bond acceptors (Lipinski definition) is 3. The van der Waals surface area contributed by atoms with Crippen LogP contribution in [0.5, 0.6) is 0 Å². The second kappa shape index (κ2) is 8.45. The maximum atomic E-state index is 12.8. The second-order valence-electron chi connectivity index (χ2n) is 7.73. The zero-order valence-corrected chi connectivity index (χ0v) is 17.1. The summed E-state index contributed by atoms with van der Waals surface area (Å²) in [6, 6.07) is 12.0. The summed E-state index contributed by atoms with van der Waals surface area (Å²) in [5, 5.41) is 3.08. The number of alkyl halides is 3. The summed E-state index contributed by atoms with van der Waals surface area (Å²) < 4.78 is 40.1. The van der Waals surface area contributed by atoms with E-state index in [4.69, 9.17) is 0 Å². The highest BCUT2D eigenvalue weighted by molar-refractivity contribution is 5.95. The lowest BCUT2D eigenvalue weighted by Gasteiger charge is -2.33. The quantitative estimate of drug-likeness (QED) is 0.661. The van der Waals surface area contributed by atoms with E-state index in [1.165, 1.54) is 6.07 Å². The number of anilines is 1. The van der Waals surface area contributed by atoms with Crippen molar-refractivity contribution in [2.45, 2.75) is 32.0 Å². The maximum Gasteiger partial charge on any atom is 0.417 e. The Balaban J connectivity index is 1.36. The smallest absolute Gasteiger partial charge is 0.356 e. The molecule has 2 aromatic heterocycles. The Labute approximate surface area is 178 Å². The van der Waals surface area contributed by atoms with Crippen LogP contribution in [0.4, 0.5) is 19.0 Å². The maximum absolute atomic E-state index is 12.8. The Morgan fingerprint density at radius 3 is 2.42 bits per heavy atom. The van der Waals surface area contributed by atoms with Crippen LogP contribution in [0, 0.1) is 6.92 Å². The SMILES string of the molecule is Cc1ccc(C(=O)NC2CCN(c3ccc(C(F)(F)F)cn3)CC2)cc1-n1cccc1. The monoisotopic (exact) mass is 428 g/mol. The van der Waals surface area contributed by atoms with Gasteiger partial charge in [0, 0.05) is 49.0 Å². The lowest BCUT2D eigenvalue weighted by Crippen LogP contribution is -2.45. The van der Waals surface area contributed by atoms with Crippen molar-refractivity contribution in [2.75, 3.05) is 18.0 Å². The van der Waals surface area contributed by atoms with Crippen LogP contribution < -0.4 is 10.2 Å². The average Bonchev–Trinajstić information content (AvgIpc) is 3.29. The molecule has 1 aliphatic rings. The molecule has 162 valence electrons. The number of carbonyl (C=O) groups is 1. The molecule has 0 radical (unpaired) electrons. The van der Waals surface area contributed by atoms with Gasteiger partial charge in [-0.1, -0.05) is 6.07 Å². The number of pyridine rings is 1. The van der Waals surface area contributed by atoms with Crippen molar-refractivity contribution in [1.29, 1.82) is 0 Å². The Hall–Kier alpha value is -3.29. The van der Waals surface area contributed by atoms with Crippen molar-refractivity contribution in [3.05, 3.63) is 77.7 Å². The molecular formula is C23H23F3N4O. The zero-order chi connectivity index (χ0) is 22.0. The standard InChI is InChI=1S/C23H23F3N4O/c1-16-4-5-17(14-20(16)29-10-2-3-11-29)22(31)28-19-8-12-30(13-9-19)21-7-6-18(15-27-21)23(24,25)26/h2-7,10-11,14-15,19H,8-9,12-13H2,1H3,(H,28,31). The third-order valence-electron chi connectivity index (χ3n) is 5.58. The van der Waals surface area contributed by atoms with Gasteiger partial charge in [-0.2, -0.15) is 13.2 Å². The Kier molecular flexibility index (Phi) is 5.71. The van der Waals surface area contributed by atoms with Crippen LogP contribution in [0.1, 0.15) is 34.3 Å². The largest absolute Gasteiger partial charge is 0.417 e. The molecule has 3 heterocycles. The first kappa shape index (κ1) is 21.0. The summed E-state index contributed by atoms with van der Waals surface area (Å²) in [6.07, 6.45) is 1.75. The molecule has 1 aliphatic heterocycles. The molecule has 0 bridgehead atoms. The number of carbonyl (C=O) groups excluding carboxylic acids is 1. The van der Waals surface area contributed by atoms with Gasteiger partial charge in [-0.25, -0.2) is 4.98 Å². The van der Waals surface area contributed by atoms with E-state index >= 15 is 0 Å². The summed E-state index contributed by atoms with van der Waals surface area (Å²) in [4.78, 5) is 18.7. The molecule has 1 saturated heterocycles. The van der Waals surface area contributed by atoms with Gasteiger partial charge >= 0.3 is 6.18 Å². The lowest BCUT2D eigenvalue weighted by molar-refractivity contribution is -0.137. The van der Waals surface area contributed by atoms with Crippen LogP contribution in [0.25, 0.3) is 5.69 Å². The molecule has 1 N–H and O–H groups in total. The van der Waals surface area contributed by atoms with Gasteiger partial charge in [-0.3, -0.25) is 4.79 Å². The predicted molar refractivity (Wildman–Crippen MR) is 112 cm³/mol. The number of benzene rings is 1. The van der Waals surface area contributed by atoms with Gasteiger partial charge < -0.3 is 14.8 Å². The molecule has 1 amide bonds. The molecule has 1 aromatic carbocycles. The Morgan fingerprint density at radius 2 is 1.81 bits per heavy atom. The number of aryl methyl sites for hydroxylation is 1. The van der Waals surface area contributed by atoms with Crippen LogP contribution in [0.2, 0.25) is 0 Å². The fourth-order valence-corrected chi connectivity index (χ4v) is 3.79. The first-order chi connectivity index (χ1) is 14.8. The van der Waals surface area contributed by atoms with Crippen LogP contribution in [0.3, 0.4) is 0 Å². The summed E-state index contributed by atoms with van der Waals surface area (Å²) >= 11 is 0. The first-order valence-corrected chi connectivity index (χ1v) is 10.1. The number of piperidine rings is 1. The molecule has 31 heavy (non-hydrogen) atoms. The molecular weight excluding hydrogens is 405 g/mol. The predicted octanol–water partition coefficient (Wildman–Crippen LogP) is 4.60. The molecule has 0 saturated carbocycles. The minimum Gasteiger partial charge on any atom is -0.356 e. The van der Waals surface area contributed by atoms with Crippen molar-refractivity contribution >= 4 is 11.7 Å². The van der Waals surface area contributed by atoms with Crippen LogP contribution >= 0.6 is 0 Å². The van der Waals surface area contributed by atoms with Crippen LogP contribution in [-0.2, 0) is 6.18 Å². The van der Waals surface area contributed by atoms with Crippen molar-refractivity contribution in [1.82, 2.24) is 14.9 Å². The number of halogens is 3. The second-order valence-corrected chi connectivity index (χ2v) is 7.73. The number of hydrogen-bond donors (Lipinski definition) is 1. The summed E-state index contributed by atoms with van der Waals surface area (Å²) in [6.45, 7) is 3.24. The molecule has 0 spiro atoms. The van der Waals surface area contributed by atoms with Crippen molar-refractivity contribution in [3.8, 4) is 5.69 Å². The fraction of sp³-hybridized carbons (Fsp3) is 0.304. The molecule has 1 fully saturated rings. The zero-order valence-electron chi connectivity index (χ0n) is 17.1. The van der Waals surface area contributed by atoms with E-state index in [1.807, 2.05) is 59.1 Å². The van der Waals surface area contributed by atoms with Gasteiger partial charge in [0.2, 0.25) is 0 Å². The van der Waals surface area contributed by atoms with E-state index in [0.717, 1.165) is 23.5 Å². The topological polar surface area (TPSA) is 50.2 Å². The van der Waals surface area contributed by atoms with Crippen LogP contribution in [-0.4, -0.2) is 34.6 Å². The molecule has 5 nitrogen and oxygen atoms in total. The van der Waals surface area contributed by atoms with E-state index in [2.05, 4.69) is 10.3 Å². The summed E-state index contributed by atoms with van der Waals surface area (Å²) in [7, 11) is 0. The Bertz CT molecular complexity index is 1040. The van der Waals surface area contributed by atoms with Crippen molar-refractivity contribution in [2.24, 2.45) is 0 Å². The van der Waals surface area contributed by atoms with E-state index < -0.39 is 11.7 Å². The van der Waals surface area contributed by atoms with E-state index in [9.17, 15) is 18.0 Å². The number of rotatable bonds is 4. The number of aromatic nitrogens is 2. The summed E-state index contributed by atoms with van der Waals surface area (Å²) in [5.41, 5.74) is 1.88. The molecule has 4 rings (SSSR count). The van der Waals surface area contributed by atoms with Gasteiger partial charge in [0.05, 0.1) is 5.56 Å². The minimum atomic E-state index is -4.39. The van der Waals surface area contributed by atoms with Crippen molar-refractivity contribution in [3.63, 3.8) is 0 Å². The molecule has 0 aliphatic carbocycles. The fourth-order valence-electron chi connectivity index (χ4n) is 3.79. The summed E-state index contributed by atoms with van der Waals surface area (Å²) in [5.74, 6) is 0.396. The molecule has 3 aromatic rings. The molecule has 0 unspecified atom stereocenters. The number of nitrogens with one attached hydrogen (secondary N) is 1. The van der Waals surface area contributed by atoms with E-state index in [0.29, 0.717) is 37.3 Å².